The summed E-state index contributed by atoms with van der Waals surface area (Å²) in [4.78, 5) is 20.3. The zero-order chi connectivity index (χ0) is 19.4. The van der Waals surface area contributed by atoms with Gasteiger partial charge in [0.1, 0.15) is 0 Å². The number of carboxylic acid groups (broad SMARTS) is 1. The van der Waals surface area contributed by atoms with Crippen molar-refractivity contribution >= 4 is 11.9 Å². The van der Waals surface area contributed by atoms with Crippen LogP contribution in [0.25, 0.3) is 0 Å². The largest absolute Gasteiger partial charge is 0.478 e. The fraction of sp³-hybridized carbons (Fsp3) is 0.667. The predicted octanol–water partition coefficient (Wildman–Crippen LogP) is 3.08. The molecule has 0 bridgehead atoms. The van der Waals surface area contributed by atoms with E-state index in [1.165, 1.54) is 6.92 Å². The predicted molar refractivity (Wildman–Crippen MR) is 95.8 cm³/mol. The van der Waals surface area contributed by atoms with E-state index in [9.17, 15) is 9.59 Å². The van der Waals surface area contributed by atoms with Crippen molar-refractivity contribution < 1.29 is 29.6 Å². The minimum absolute atomic E-state index is 0.176. The highest BCUT2D eigenvalue weighted by Crippen LogP contribution is 1.96. The molecule has 142 valence electrons. The normalized spacial score (nSPS) is 8.88. The molecule has 0 unspecified atom stereocenters. The van der Waals surface area contributed by atoms with Gasteiger partial charge in [0.15, 0.2) is 0 Å². The van der Waals surface area contributed by atoms with Gasteiger partial charge in [0.2, 0.25) is 0 Å². The van der Waals surface area contributed by atoms with Crippen LogP contribution < -0.4 is 0 Å². The van der Waals surface area contributed by atoms with Crippen molar-refractivity contribution in [3.8, 4) is 0 Å². The summed E-state index contributed by atoms with van der Waals surface area (Å²) in [6.45, 7) is 12.8. The van der Waals surface area contributed by atoms with Gasteiger partial charge in [-0.15, -0.1) is 0 Å². The Labute approximate surface area is 145 Å². The summed E-state index contributed by atoms with van der Waals surface area (Å²) >= 11 is 0. The molecule has 0 aromatic heterocycles. The van der Waals surface area contributed by atoms with Crippen LogP contribution in [0.2, 0.25) is 0 Å². The number of aliphatic hydroxyl groups is 2. The molecule has 0 aromatic rings. The molecule has 0 rings (SSSR count). The third kappa shape index (κ3) is 28.5. The Morgan fingerprint density at radius 3 is 1.54 bits per heavy atom. The molecule has 0 aliphatic rings. The van der Waals surface area contributed by atoms with Gasteiger partial charge in [0.25, 0.3) is 0 Å². The topological polar surface area (TPSA) is 104 Å². The number of carbonyl (C=O) groups is 2. The summed E-state index contributed by atoms with van der Waals surface area (Å²) in [5, 5.41) is 24.5. The molecule has 6 nitrogen and oxygen atoms in total. The van der Waals surface area contributed by atoms with Crippen LogP contribution in [-0.2, 0) is 14.3 Å². The lowest BCUT2D eigenvalue weighted by atomic mass is 10.2. The molecular formula is C18H34O6. The minimum atomic E-state index is -0.935. The Balaban J connectivity index is -0.000000285. The van der Waals surface area contributed by atoms with Crippen molar-refractivity contribution in [3.63, 3.8) is 0 Å². The number of hydrogen-bond acceptors (Lipinski definition) is 5. The molecule has 0 heterocycles. The number of unbranched alkanes of at least 4 members (excludes halogenated alkanes) is 4. The first-order chi connectivity index (χ1) is 11.2. The Morgan fingerprint density at radius 1 is 0.875 bits per heavy atom. The van der Waals surface area contributed by atoms with E-state index < -0.39 is 5.97 Å². The summed E-state index contributed by atoms with van der Waals surface area (Å²) in [5.41, 5.74) is 0.645. The first-order valence-corrected chi connectivity index (χ1v) is 8.17. The monoisotopic (exact) mass is 346 g/mol. The number of aliphatic carboxylic acids is 1. The number of ether oxygens (including phenoxy) is 1. The molecule has 0 aliphatic carbocycles. The average molecular weight is 346 g/mol. The molecule has 24 heavy (non-hydrogen) atoms. The van der Waals surface area contributed by atoms with Gasteiger partial charge in [-0.05, 0) is 33.1 Å². The maximum Gasteiger partial charge on any atom is 0.333 e. The van der Waals surface area contributed by atoms with Crippen molar-refractivity contribution in [2.24, 2.45) is 0 Å². The van der Waals surface area contributed by atoms with Crippen LogP contribution >= 0.6 is 0 Å². The van der Waals surface area contributed by atoms with Crippen molar-refractivity contribution in [2.45, 2.75) is 59.3 Å². The molecule has 0 atom stereocenters. The van der Waals surface area contributed by atoms with E-state index in [0.717, 1.165) is 38.5 Å². The lowest BCUT2D eigenvalue weighted by Crippen LogP contribution is -2.05. The maximum absolute atomic E-state index is 10.7. The molecule has 6 heteroatoms. The van der Waals surface area contributed by atoms with Gasteiger partial charge in [-0.1, -0.05) is 39.3 Å². The van der Waals surface area contributed by atoms with Crippen molar-refractivity contribution in [2.75, 3.05) is 19.8 Å². The first kappa shape index (κ1) is 27.2. The molecule has 0 fully saturated rings. The zero-order valence-electron chi connectivity index (χ0n) is 15.3. The number of rotatable bonds is 10. The van der Waals surface area contributed by atoms with E-state index in [4.69, 9.17) is 20.1 Å². The third-order valence-electron chi connectivity index (χ3n) is 2.51. The van der Waals surface area contributed by atoms with Gasteiger partial charge in [-0.3, -0.25) is 0 Å². The lowest BCUT2D eigenvalue weighted by molar-refractivity contribution is -0.139. The fourth-order valence-corrected chi connectivity index (χ4v) is 1.01. The maximum atomic E-state index is 10.7. The van der Waals surface area contributed by atoms with Crippen LogP contribution in [0.4, 0.5) is 0 Å². The van der Waals surface area contributed by atoms with Crippen molar-refractivity contribution in [3.05, 3.63) is 24.3 Å². The third-order valence-corrected chi connectivity index (χ3v) is 2.51. The van der Waals surface area contributed by atoms with E-state index in [0.29, 0.717) is 12.2 Å². The molecule has 0 aromatic carbocycles. The zero-order valence-corrected chi connectivity index (χ0v) is 15.3. The lowest BCUT2D eigenvalue weighted by Gasteiger charge is -2.01. The second-order valence-corrected chi connectivity index (χ2v) is 5.22. The summed E-state index contributed by atoms with van der Waals surface area (Å²) in [6.07, 6.45) is 5.80. The highest BCUT2D eigenvalue weighted by Gasteiger charge is 2.00. The molecule has 0 saturated heterocycles. The van der Waals surface area contributed by atoms with Gasteiger partial charge < -0.3 is 20.1 Å². The van der Waals surface area contributed by atoms with E-state index in [1.54, 1.807) is 6.92 Å². The summed E-state index contributed by atoms with van der Waals surface area (Å²) in [6, 6.07) is 0. The Kier molecular flexibility index (Phi) is 24.2. The molecule has 0 amide bonds. The van der Waals surface area contributed by atoms with E-state index in [1.807, 2.05) is 0 Å². The van der Waals surface area contributed by atoms with Crippen LogP contribution in [0, 0.1) is 0 Å². The van der Waals surface area contributed by atoms with Crippen LogP contribution in [0.1, 0.15) is 59.3 Å². The van der Waals surface area contributed by atoms with Gasteiger partial charge in [0, 0.05) is 24.4 Å². The Hall–Kier alpha value is -1.66. The van der Waals surface area contributed by atoms with Crippen molar-refractivity contribution in [1.82, 2.24) is 0 Å². The van der Waals surface area contributed by atoms with E-state index >= 15 is 0 Å². The smallest absolute Gasteiger partial charge is 0.333 e. The van der Waals surface area contributed by atoms with Gasteiger partial charge >= 0.3 is 11.9 Å². The van der Waals surface area contributed by atoms with Gasteiger partial charge in [-0.25, -0.2) is 9.59 Å². The summed E-state index contributed by atoms with van der Waals surface area (Å²) in [7, 11) is 0. The number of esters is 1. The Bertz CT molecular complexity index is 331. The molecular weight excluding hydrogens is 312 g/mol. The second kappa shape index (κ2) is 21.3. The van der Waals surface area contributed by atoms with E-state index in [2.05, 4.69) is 20.1 Å². The first-order valence-electron chi connectivity index (χ1n) is 8.17. The molecule has 0 saturated carbocycles. The highest BCUT2D eigenvalue weighted by atomic mass is 16.5. The number of carboxylic acids is 1. The standard InChI is InChI=1S/C8H14O2.C6H14O2.C4H6O2/c1-4-5-6-10-8(9)7(2)3;7-5-3-1-2-4-6-8;1-3(2)4(5)6/h2,4-6H2,1,3H3;7-8H,1-6H2;1H2,2H3,(H,5,6). The van der Waals surface area contributed by atoms with Gasteiger partial charge in [-0.2, -0.15) is 0 Å². The summed E-state index contributed by atoms with van der Waals surface area (Å²) < 4.78 is 4.81. The number of aliphatic hydroxyl groups excluding tert-OH is 2. The van der Waals surface area contributed by atoms with Crippen LogP contribution in [0.15, 0.2) is 24.3 Å². The molecule has 3 N–H and O–H groups in total. The summed E-state index contributed by atoms with van der Waals surface area (Å²) in [5.74, 6) is -1.22. The van der Waals surface area contributed by atoms with Crippen LogP contribution in [0.3, 0.4) is 0 Å². The van der Waals surface area contributed by atoms with Crippen LogP contribution in [0.5, 0.6) is 0 Å². The van der Waals surface area contributed by atoms with Crippen molar-refractivity contribution in [1.29, 1.82) is 0 Å². The molecule has 0 radical (unpaired) electrons. The SMILES string of the molecule is C=C(C)C(=O)O.C=C(C)C(=O)OCCCC.OCCCCCCO. The highest BCUT2D eigenvalue weighted by molar-refractivity contribution is 5.86. The Morgan fingerprint density at radius 2 is 1.29 bits per heavy atom. The van der Waals surface area contributed by atoms with Crippen LogP contribution in [-0.4, -0.2) is 47.1 Å². The minimum Gasteiger partial charge on any atom is -0.478 e. The average Bonchev–Trinajstić information content (AvgIpc) is 2.53. The quantitative estimate of drug-likeness (QED) is 0.319. The van der Waals surface area contributed by atoms with Gasteiger partial charge in [0.05, 0.1) is 6.61 Å². The number of hydrogen-bond donors (Lipinski definition) is 3. The second-order valence-electron chi connectivity index (χ2n) is 5.22. The van der Waals surface area contributed by atoms with E-state index in [-0.39, 0.29) is 24.8 Å². The molecule has 0 aliphatic heterocycles. The molecule has 0 spiro atoms. The number of carbonyl (C=O) groups excluding carboxylic acids is 1. The fourth-order valence-electron chi connectivity index (χ4n) is 1.01.